The summed E-state index contributed by atoms with van der Waals surface area (Å²) in [7, 11) is -4.28. The Morgan fingerprint density at radius 2 is 1.97 bits per heavy atom. The fourth-order valence-corrected chi connectivity index (χ4v) is 4.29. The molecule has 11 heteroatoms. The molecule has 0 unspecified atom stereocenters. The third-order valence-electron chi connectivity index (χ3n) is 4.54. The standard InChI is InChI=1S/C19H14FN5O4S/c20-18-15(5-6-16(26)19(18)25-11-17(27)23-30(25,28)29)14-8-22-24(10-14)9-13-3-1-12(7-21)2-4-13/h1-6,8,10,26H,9,11H2,(H,23,27). The lowest BCUT2D eigenvalue weighted by atomic mass is 10.1. The highest BCUT2D eigenvalue weighted by Gasteiger charge is 2.38. The number of hydrogen-bond acceptors (Lipinski definition) is 6. The summed E-state index contributed by atoms with van der Waals surface area (Å²) in [5.74, 6) is -2.43. The van der Waals surface area contributed by atoms with E-state index in [2.05, 4.69) is 5.10 Å². The molecular weight excluding hydrogens is 413 g/mol. The van der Waals surface area contributed by atoms with Gasteiger partial charge in [-0.2, -0.15) is 18.8 Å². The molecule has 1 saturated heterocycles. The first-order valence-electron chi connectivity index (χ1n) is 8.65. The van der Waals surface area contributed by atoms with Gasteiger partial charge < -0.3 is 5.11 Å². The maximum Gasteiger partial charge on any atom is 0.326 e. The zero-order valence-electron chi connectivity index (χ0n) is 15.3. The van der Waals surface area contributed by atoms with Crippen LogP contribution in [0.2, 0.25) is 0 Å². The Bertz CT molecular complexity index is 1300. The van der Waals surface area contributed by atoms with E-state index in [1.807, 2.05) is 6.07 Å². The number of aromatic hydroxyl groups is 1. The number of nitrogens with one attached hydrogen (secondary N) is 1. The van der Waals surface area contributed by atoms with Crippen LogP contribution in [0.3, 0.4) is 0 Å². The number of carbonyl (C=O) groups is 1. The minimum atomic E-state index is -4.28. The number of nitrogens with zero attached hydrogens (tertiary/aromatic N) is 4. The highest BCUT2D eigenvalue weighted by Crippen LogP contribution is 2.38. The number of phenols is 1. The molecule has 0 atom stereocenters. The number of halogens is 1. The number of nitriles is 1. The van der Waals surface area contributed by atoms with Gasteiger partial charge in [-0.05, 0) is 29.8 Å². The molecule has 9 nitrogen and oxygen atoms in total. The summed E-state index contributed by atoms with van der Waals surface area (Å²) in [5, 5.41) is 23.1. The largest absolute Gasteiger partial charge is 0.506 e. The third kappa shape index (κ3) is 3.44. The minimum absolute atomic E-state index is 0.0171. The van der Waals surface area contributed by atoms with Crippen LogP contribution in [-0.2, 0) is 21.5 Å². The van der Waals surface area contributed by atoms with Crippen molar-refractivity contribution in [3.05, 3.63) is 65.7 Å². The van der Waals surface area contributed by atoms with E-state index < -0.39 is 39.9 Å². The van der Waals surface area contributed by atoms with E-state index >= 15 is 4.39 Å². The van der Waals surface area contributed by atoms with Crippen LogP contribution >= 0.6 is 0 Å². The highest BCUT2D eigenvalue weighted by atomic mass is 32.2. The first-order chi connectivity index (χ1) is 14.3. The molecule has 0 spiro atoms. The summed E-state index contributed by atoms with van der Waals surface area (Å²) in [6.07, 6.45) is 2.98. The van der Waals surface area contributed by atoms with Crippen LogP contribution in [0.15, 0.2) is 48.8 Å². The van der Waals surface area contributed by atoms with Crippen molar-refractivity contribution in [2.45, 2.75) is 6.54 Å². The van der Waals surface area contributed by atoms with Crippen LogP contribution < -0.4 is 9.03 Å². The highest BCUT2D eigenvalue weighted by molar-refractivity contribution is 7.92. The number of phenolic OH excluding ortho intramolecular Hbond substituents is 1. The molecule has 0 radical (unpaired) electrons. The average Bonchev–Trinajstić information content (AvgIpc) is 3.26. The molecule has 4 rings (SSSR count). The summed E-state index contributed by atoms with van der Waals surface area (Å²) >= 11 is 0. The lowest BCUT2D eigenvalue weighted by molar-refractivity contribution is -0.117. The lowest BCUT2D eigenvalue weighted by Gasteiger charge is -2.18. The minimum Gasteiger partial charge on any atom is -0.506 e. The SMILES string of the molecule is N#Cc1ccc(Cn2cc(-c3ccc(O)c(N4CC(=O)NS4(=O)=O)c3F)cn2)cc1. The Morgan fingerprint density at radius 3 is 2.60 bits per heavy atom. The van der Waals surface area contributed by atoms with Gasteiger partial charge in [0.1, 0.15) is 18.0 Å². The van der Waals surface area contributed by atoms with Crippen molar-refractivity contribution in [1.82, 2.24) is 14.5 Å². The summed E-state index contributed by atoms with van der Waals surface area (Å²) in [6.45, 7) is -0.259. The topological polar surface area (TPSA) is 128 Å². The number of rotatable bonds is 4. The fourth-order valence-electron chi connectivity index (χ4n) is 3.12. The van der Waals surface area contributed by atoms with Gasteiger partial charge >= 0.3 is 10.2 Å². The van der Waals surface area contributed by atoms with Gasteiger partial charge in [-0.1, -0.05) is 12.1 Å². The molecule has 0 bridgehead atoms. The van der Waals surface area contributed by atoms with Crippen LogP contribution in [0, 0.1) is 17.1 Å². The van der Waals surface area contributed by atoms with Crippen molar-refractivity contribution < 1.29 is 22.7 Å². The van der Waals surface area contributed by atoms with Gasteiger partial charge in [-0.25, -0.2) is 13.4 Å². The van der Waals surface area contributed by atoms with Gasteiger partial charge in [0.05, 0.1) is 24.4 Å². The van der Waals surface area contributed by atoms with E-state index in [-0.39, 0.29) is 5.56 Å². The zero-order chi connectivity index (χ0) is 21.5. The molecule has 0 aliphatic carbocycles. The van der Waals surface area contributed by atoms with Gasteiger partial charge in [-0.15, -0.1) is 0 Å². The molecule has 2 N–H and O–H groups in total. The number of benzene rings is 2. The molecule has 30 heavy (non-hydrogen) atoms. The Kier molecular flexibility index (Phi) is 4.63. The molecule has 1 aliphatic rings. The first-order valence-corrected chi connectivity index (χ1v) is 10.1. The van der Waals surface area contributed by atoms with Gasteiger partial charge in [0.15, 0.2) is 5.82 Å². The van der Waals surface area contributed by atoms with E-state index in [0.29, 0.717) is 22.0 Å². The molecule has 2 aromatic carbocycles. The first kappa shape index (κ1) is 19.4. The molecule has 2 heterocycles. The predicted octanol–water partition coefficient (Wildman–Crippen LogP) is 1.50. The Morgan fingerprint density at radius 1 is 1.23 bits per heavy atom. The summed E-state index contributed by atoms with van der Waals surface area (Å²) in [6, 6.07) is 11.4. The number of anilines is 1. The van der Waals surface area contributed by atoms with Crippen LogP contribution in [0.1, 0.15) is 11.1 Å². The summed E-state index contributed by atoms with van der Waals surface area (Å²) in [5.41, 5.74) is 1.18. The van der Waals surface area contributed by atoms with Crippen molar-refractivity contribution in [3.63, 3.8) is 0 Å². The number of carbonyl (C=O) groups excluding carboxylic acids is 1. The van der Waals surface area contributed by atoms with Crippen molar-refractivity contribution in [2.24, 2.45) is 0 Å². The maximum absolute atomic E-state index is 15.2. The van der Waals surface area contributed by atoms with Crippen LogP contribution in [0.4, 0.5) is 10.1 Å². The molecule has 3 aromatic rings. The second kappa shape index (κ2) is 7.16. The van der Waals surface area contributed by atoms with Crippen molar-refractivity contribution in [2.75, 3.05) is 10.8 Å². The predicted molar refractivity (Wildman–Crippen MR) is 104 cm³/mol. The molecule has 1 aromatic heterocycles. The Balaban J connectivity index is 1.67. The van der Waals surface area contributed by atoms with E-state index in [1.54, 1.807) is 39.9 Å². The third-order valence-corrected chi connectivity index (χ3v) is 5.91. The molecule has 1 aliphatic heterocycles. The fraction of sp³-hybridized carbons (Fsp3) is 0.105. The lowest BCUT2D eigenvalue weighted by Crippen LogP contribution is -2.30. The molecule has 1 fully saturated rings. The molecule has 1 amide bonds. The Hall–Kier alpha value is -3.91. The van der Waals surface area contributed by atoms with Crippen LogP contribution in [0.25, 0.3) is 11.1 Å². The average molecular weight is 427 g/mol. The normalized spacial score (nSPS) is 15.1. The second-order valence-electron chi connectivity index (χ2n) is 6.57. The maximum atomic E-state index is 15.2. The van der Waals surface area contributed by atoms with E-state index in [1.165, 1.54) is 12.3 Å². The van der Waals surface area contributed by atoms with E-state index in [0.717, 1.165) is 11.6 Å². The van der Waals surface area contributed by atoms with Crippen molar-refractivity contribution in [1.29, 1.82) is 5.26 Å². The molecule has 152 valence electrons. The number of aromatic nitrogens is 2. The smallest absolute Gasteiger partial charge is 0.326 e. The number of amides is 1. The summed E-state index contributed by atoms with van der Waals surface area (Å²) in [4.78, 5) is 11.5. The quantitative estimate of drug-likeness (QED) is 0.649. The summed E-state index contributed by atoms with van der Waals surface area (Å²) < 4.78 is 43.1. The monoisotopic (exact) mass is 427 g/mol. The Labute approximate surface area is 170 Å². The van der Waals surface area contributed by atoms with Gasteiger partial charge in [-0.3, -0.25) is 9.48 Å². The molecular formula is C19H14FN5O4S. The zero-order valence-corrected chi connectivity index (χ0v) is 16.1. The van der Waals surface area contributed by atoms with Crippen LogP contribution in [0.5, 0.6) is 5.75 Å². The van der Waals surface area contributed by atoms with E-state index in [4.69, 9.17) is 5.26 Å². The van der Waals surface area contributed by atoms with Crippen molar-refractivity contribution in [3.8, 4) is 22.9 Å². The van der Waals surface area contributed by atoms with Gasteiger partial charge in [0, 0.05) is 17.3 Å². The van der Waals surface area contributed by atoms with E-state index in [9.17, 15) is 18.3 Å². The second-order valence-corrected chi connectivity index (χ2v) is 8.16. The van der Waals surface area contributed by atoms with Gasteiger partial charge in [0.2, 0.25) is 0 Å². The molecule has 0 saturated carbocycles. The van der Waals surface area contributed by atoms with Crippen LogP contribution in [-0.4, -0.2) is 35.8 Å². The van der Waals surface area contributed by atoms with Crippen molar-refractivity contribution >= 4 is 21.8 Å². The van der Waals surface area contributed by atoms with Gasteiger partial charge in [0.25, 0.3) is 5.91 Å². The number of hydrogen-bond donors (Lipinski definition) is 2.